The molecule has 0 bridgehead atoms. The maximum atomic E-state index is 11.9. The Morgan fingerprint density at radius 2 is 2.06 bits per heavy atom. The van der Waals surface area contributed by atoms with E-state index >= 15 is 0 Å². The summed E-state index contributed by atoms with van der Waals surface area (Å²) in [6.07, 6.45) is 4.68. The minimum absolute atomic E-state index is 0.0256. The van der Waals surface area contributed by atoms with E-state index in [1.807, 2.05) is 20.8 Å². The zero-order valence-corrected chi connectivity index (χ0v) is 12.1. The van der Waals surface area contributed by atoms with Gasteiger partial charge in [-0.3, -0.25) is 0 Å². The van der Waals surface area contributed by atoms with Gasteiger partial charge in [0.15, 0.2) is 0 Å². The van der Waals surface area contributed by atoms with Crippen LogP contribution in [0.2, 0.25) is 0 Å². The first-order valence-electron chi connectivity index (χ1n) is 6.57. The molecule has 1 fully saturated rings. The first-order valence-corrected chi connectivity index (χ1v) is 7.39. The van der Waals surface area contributed by atoms with E-state index in [4.69, 9.17) is 0 Å². The summed E-state index contributed by atoms with van der Waals surface area (Å²) in [6, 6.07) is 0.332. The number of hydrogen-bond acceptors (Lipinski definition) is 3. The summed E-state index contributed by atoms with van der Waals surface area (Å²) in [5, 5.41) is 7.09. The van der Waals surface area contributed by atoms with Crippen molar-refractivity contribution in [3.63, 3.8) is 0 Å². The van der Waals surface area contributed by atoms with E-state index in [-0.39, 0.29) is 12.1 Å². The van der Waals surface area contributed by atoms with Crippen molar-refractivity contribution in [2.24, 2.45) is 0 Å². The van der Waals surface area contributed by atoms with Gasteiger partial charge in [-0.25, -0.2) is 9.78 Å². The maximum Gasteiger partial charge on any atom is 0.315 e. The van der Waals surface area contributed by atoms with Crippen LogP contribution in [0.1, 0.15) is 54.2 Å². The topological polar surface area (TPSA) is 54.0 Å². The Kier molecular flexibility index (Phi) is 4.22. The van der Waals surface area contributed by atoms with Gasteiger partial charge < -0.3 is 10.6 Å². The first kappa shape index (κ1) is 13.3. The number of amides is 2. The molecule has 0 saturated heterocycles. The number of thiazole rings is 1. The molecule has 1 heterocycles. The van der Waals surface area contributed by atoms with Crippen LogP contribution in [0.25, 0.3) is 0 Å². The predicted molar refractivity (Wildman–Crippen MR) is 73.9 cm³/mol. The minimum Gasteiger partial charge on any atom is -0.335 e. The van der Waals surface area contributed by atoms with Crippen molar-refractivity contribution in [3.05, 3.63) is 15.6 Å². The molecule has 1 aliphatic carbocycles. The molecule has 0 radical (unpaired) electrons. The molecule has 1 aromatic heterocycles. The van der Waals surface area contributed by atoms with Crippen LogP contribution in [-0.2, 0) is 0 Å². The van der Waals surface area contributed by atoms with Crippen molar-refractivity contribution in [1.29, 1.82) is 0 Å². The molecule has 5 heteroatoms. The molecule has 2 rings (SSSR count). The lowest BCUT2D eigenvalue weighted by atomic mass is 10.2. The van der Waals surface area contributed by atoms with Crippen LogP contribution in [0.4, 0.5) is 4.79 Å². The molecule has 1 aromatic rings. The van der Waals surface area contributed by atoms with Gasteiger partial charge in [-0.1, -0.05) is 12.8 Å². The standard InChI is InChI=1S/C13H21N3OS/c1-8-12(18-10(3)14-8)9(2)15-13(17)16-11-6-4-5-7-11/h9,11H,4-7H2,1-3H3,(H2,15,16,17). The number of nitrogens with zero attached hydrogens (tertiary/aromatic N) is 1. The van der Waals surface area contributed by atoms with E-state index in [9.17, 15) is 4.79 Å². The third kappa shape index (κ3) is 3.22. The highest BCUT2D eigenvalue weighted by Crippen LogP contribution is 2.24. The summed E-state index contributed by atoms with van der Waals surface area (Å²) in [4.78, 5) is 17.4. The average Bonchev–Trinajstić information content (AvgIpc) is 2.88. The van der Waals surface area contributed by atoms with Crippen LogP contribution >= 0.6 is 11.3 Å². The Morgan fingerprint density at radius 1 is 1.39 bits per heavy atom. The summed E-state index contributed by atoms with van der Waals surface area (Å²) < 4.78 is 0. The number of urea groups is 1. The molecule has 2 amide bonds. The molecule has 0 aromatic carbocycles. The second-order valence-electron chi connectivity index (χ2n) is 5.00. The lowest BCUT2D eigenvalue weighted by Crippen LogP contribution is -2.41. The van der Waals surface area contributed by atoms with Crippen LogP contribution in [0.5, 0.6) is 0 Å². The van der Waals surface area contributed by atoms with Crippen LogP contribution in [0.15, 0.2) is 0 Å². The number of hydrogen-bond donors (Lipinski definition) is 2. The van der Waals surface area contributed by atoms with E-state index in [0.29, 0.717) is 6.04 Å². The summed E-state index contributed by atoms with van der Waals surface area (Å²) >= 11 is 1.65. The van der Waals surface area contributed by atoms with E-state index in [1.165, 1.54) is 12.8 Å². The van der Waals surface area contributed by atoms with Crippen LogP contribution in [0.3, 0.4) is 0 Å². The maximum absolute atomic E-state index is 11.9. The van der Waals surface area contributed by atoms with Crippen LogP contribution in [0, 0.1) is 13.8 Å². The predicted octanol–water partition coefficient (Wildman–Crippen LogP) is 3.06. The van der Waals surface area contributed by atoms with Gasteiger partial charge in [-0.2, -0.15) is 0 Å². The summed E-state index contributed by atoms with van der Waals surface area (Å²) in [5.41, 5.74) is 1.02. The fraction of sp³-hybridized carbons (Fsp3) is 0.692. The highest BCUT2D eigenvalue weighted by atomic mass is 32.1. The smallest absolute Gasteiger partial charge is 0.315 e. The van der Waals surface area contributed by atoms with Gasteiger partial charge in [0.2, 0.25) is 0 Å². The van der Waals surface area contributed by atoms with Gasteiger partial charge in [0.25, 0.3) is 0 Å². The van der Waals surface area contributed by atoms with Crippen molar-refractivity contribution in [3.8, 4) is 0 Å². The Labute approximate surface area is 112 Å². The molecule has 1 aliphatic rings. The lowest BCUT2D eigenvalue weighted by Gasteiger charge is -2.17. The minimum atomic E-state index is -0.0557. The number of aryl methyl sites for hydroxylation is 2. The number of carbonyl (C=O) groups excluding carboxylic acids is 1. The molecule has 100 valence electrons. The number of rotatable bonds is 3. The van der Waals surface area contributed by atoms with E-state index in [1.54, 1.807) is 11.3 Å². The molecule has 0 spiro atoms. The van der Waals surface area contributed by atoms with Crippen molar-refractivity contribution < 1.29 is 4.79 Å². The van der Waals surface area contributed by atoms with Crippen molar-refractivity contribution in [2.75, 3.05) is 0 Å². The van der Waals surface area contributed by atoms with Gasteiger partial charge in [0.05, 0.1) is 16.7 Å². The Morgan fingerprint density at radius 3 is 2.61 bits per heavy atom. The van der Waals surface area contributed by atoms with E-state index in [0.717, 1.165) is 28.4 Å². The highest BCUT2D eigenvalue weighted by molar-refractivity contribution is 7.11. The molecular formula is C13H21N3OS. The Balaban J connectivity index is 1.88. The van der Waals surface area contributed by atoms with Gasteiger partial charge in [-0.15, -0.1) is 11.3 Å². The molecule has 4 nitrogen and oxygen atoms in total. The van der Waals surface area contributed by atoms with Gasteiger partial charge in [0.1, 0.15) is 0 Å². The highest BCUT2D eigenvalue weighted by Gasteiger charge is 2.19. The molecule has 2 N–H and O–H groups in total. The normalized spacial score (nSPS) is 17.7. The second kappa shape index (κ2) is 5.69. The number of carbonyl (C=O) groups is 1. The fourth-order valence-electron chi connectivity index (χ4n) is 2.51. The lowest BCUT2D eigenvalue weighted by molar-refractivity contribution is 0.234. The molecule has 1 atom stereocenters. The summed E-state index contributed by atoms with van der Waals surface area (Å²) in [7, 11) is 0. The van der Waals surface area contributed by atoms with Gasteiger partial charge in [-0.05, 0) is 33.6 Å². The zero-order chi connectivity index (χ0) is 13.1. The molecule has 1 saturated carbocycles. The van der Waals surface area contributed by atoms with Crippen molar-refractivity contribution >= 4 is 17.4 Å². The average molecular weight is 267 g/mol. The number of aromatic nitrogens is 1. The Bertz CT molecular complexity index is 424. The quantitative estimate of drug-likeness (QED) is 0.884. The largest absolute Gasteiger partial charge is 0.335 e. The third-order valence-corrected chi connectivity index (χ3v) is 4.63. The molecular weight excluding hydrogens is 246 g/mol. The molecule has 0 aliphatic heterocycles. The fourth-order valence-corrected chi connectivity index (χ4v) is 3.44. The Hall–Kier alpha value is -1.10. The van der Waals surface area contributed by atoms with Crippen LogP contribution < -0.4 is 10.6 Å². The second-order valence-corrected chi connectivity index (χ2v) is 6.24. The summed E-state index contributed by atoms with van der Waals surface area (Å²) in [6.45, 7) is 5.99. The summed E-state index contributed by atoms with van der Waals surface area (Å²) in [5.74, 6) is 0. The molecule has 1 unspecified atom stereocenters. The van der Waals surface area contributed by atoms with Gasteiger partial charge in [0, 0.05) is 10.9 Å². The van der Waals surface area contributed by atoms with Gasteiger partial charge >= 0.3 is 6.03 Å². The number of nitrogens with one attached hydrogen (secondary N) is 2. The zero-order valence-electron chi connectivity index (χ0n) is 11.2. The SMILES string of the molecule is Cc1nc(C)c(C(C)NC(=O)NC2CCCC2)s1. The van der Waals surface area contributed by atoms with Crippen molar-refractivity contribution in [1.82, 2.24) is 15.6 Å². The molecule has 18 heavy (non-hydrogen) atoms. The monoisotopic (exact) mass is 267 g/mol. The van der Waals surface area contributed by atoms with Crippen LogP contribution in [-0.4, -0.2) is 17.1 Å². The first-order chi connectivity index (χ1) is 8.56. The third-order valence-electron chi connectivity index (χ3n) is 3.37. The van der Waals surface area contributed by atoms with E-state index in [2.05, 4.69) is 15.6 Å². The van der Waals surface area contributed by atoms with Crippen molar-refractivity contribution in [2.45, 2.75) is 58.5 Å². The van der Waals surface area contributed by atoms with E-state index < -0.39 is 0 Å².